The Morgan fingerprint density at radius 2 is 2.17 bits per heavy atom. The van der Waals surface area contributed by atoms with Gasteiger partial charge in [-0.2, -0.15) is 0 Å². The van der Waals surface area contributed by atoms with Crippen LogP contribution >= 0.6 is 0 Å². The molecule has 0 radical (unpaired) electrons. The molecule has 1 aromatic rings. The molecule has 0 bridgehead atoms. The molecule has 1 aromatic heterocycles. The van der Waals surface area contributed by atoms with Crippen LogP contribution in [-0.4, -0.2) is 35.6 Å². The summed E-state index contributed by atoms with van der Waals surface area (Å²) in [4.78, 5) is 7.55. The van der Waals surface area contributed by atoms with Gasteiger partial charge >= 0.3 is 0 Å². The van der Waals surface area contributed by atoms with Gasteiger partial charge in [-0.3, -0.25) is 4.98 Å². The summed E-state index contributed by atoms with van der Waals surface area (Å²) in [6.45, 7) is 5.89. The van der Waals surface area contributed by atoms with E-state index in [0.29, 0.717) is 6.04 Å². The van der Waals surface area contributed by atoms with Crippen molar-refractivity contribution in [3.63, 3.8) is 0 Å². The Morgan fingerprint density at radius 1 is 1.30 bits per heavy atom. The number of nitrogens with zero attached hydrogens (tertiary/aromatic N) is 2. The largest absolute Gasteiger partial charge is 0.328 e. The van der Waals surface area contributed by atoms with Gasteiger partial charge in [0.05, 0.1) is 0 Å². The molecule has 0 spiro atoms. The fourth-order valence-electron chi connectivity index (χ4n) is 4.02. The van der Waals surface area contributed by atoms with Crippen LogP contribution in [0.25, 0.3) is 0 Å². The molecule has 23 heavy (non-hydrogen) atoms. The SMILES string of the molecule is CC[C@@H](N)CCN1CC[C@@H](CCc2ccc3c(n2)CCCC3)C1. The lowest BCUT2D eigenvalue weighted by atomic mass is 9.95. The Morgan fingerprint density at radius 3 is 3.04 bits per heavy atom. The van der Waals surface area contributed by atoms with Crippen molar-refractivity contribution in [1.82, 2.24) is 9.88 Å². The zero-order valence-corrected chi connectivity index (χ0v) is 14.8. The van der Waals surface area contributed by atoms with E-state index in [1.165, 1.54) is 75.1 Å². The fourth-order valence-corrected chi connectivity index (χ4v) is 4.02. The van der Waals surface area contributed by atoms with Crippen molar-refractivity contribution in [2.45, 2.75) is 70.8 Å². The van der Waals surface area contributed by atoms with E-state index in [1.807, 2.05) is 0 Å². The minimum absolute atomic E-state index is 0.383. The third-order valence-corrected chi connectivity index (χ3v) is 5.76. The lowest BCUT2D eigenvalue weighted by Crippen LogP contribution is -2.28. The highest BCUT2D eigenvalue weighted by Crippen LogP contribution is 2.23. The molecule has 1 aliphatic carbocycles. The second kappa shape index (κ2) is 8.25. The topological polar surface area (TPSA) is 42.1 Å². The van der Waals surface area contributed by atoms with Gasteiger partial charge in [-0.1, -0.05) is 13.0 Å². The third kappa shape index (κ3) is 4.77. The molecule has 1 aliphatic heterocycles. The van der Waals surface area contributed by atoms with E-state index in [0.717, 1.165) is 25.2 Å². The molecule has 0 saturated carbocycles. The summed E-state index contributed by atoms with van der Waals surface area (Å²) < 4.78 is 0. The molecule has 2 heterocycles. The van der Waals surface area contributed by atoms with E-state index in [2.05, 4.69) is 24.0 Å². The summed E-state index contributed by atoms with van der Waals surface area (Å²) in [5.41, 5.74) is 10.2. The smallest absolute Gasteiger partial charge is 0.0438 e. The lowest BCUT2D eigenvalue weighted by Gasteiger charge is -2.18. The van der Waals surface area contributed by atoms with Gasteiger partial charge in [0, 0.05) is 24.0 Å². The summed E-state index contributed by atoms with van der Waals surface area (Å²) in [5, 5.41) is 0. The second-order valence-electron chi connectivity index (χ2n) is 7.57. The summed E-state index contributed by atoms with van der Waals surface area (Å²) in [7, 11) is 0. The number of fused-ring (bicyclic) bond motifs is 1. The normalized spacial score (nSPS) is 23.0. The Labute approximate surface area is 141 Å². The highest BCUT2D eigenvalue weighted by molar-refractivity contribution is 5.25. The molecule has 3 rings (SSSR count). The number of pyridine rings is 1. The number of aryl methyl sites for hydroxylation is 3. The van der Waals surface area contributed by atoms with Crippen LogP contribution in [0.2, 0.25) is 0 Å². The molecule has 0 amide bonds. The van der Waals surface area contributed by atoms with E-state index in [9.17, 15) is 0 Å². The number of rotatable bonds is 7. The van der Waals surface area contributed by atoms with Crippen LogP contribution in [0, 0.1) is 5.92 Å². The maximum Gasteiger partial charge on any atom is 0.0438 e. The summed E-state index contributed by atoms with van der Waals surface area (Å²) in [6, 6.07) is 5.00. The molecule has 2 atom stereocenters. The van der Waals surface area contributed by atoms with E-state index >= 15 is 0 Å². The molecule has 1 saturated heterocycles. The van der Waals surface area contributed by atoms with Crippen LogP contribution in [0.1, 0.15) is 62.4 Å². The summed E-state index contributed by atoms with van der Waals surface area (Å²) >= 11 is 0. The van der Waals surface area contributed by atoms with Gasteiger partial charge in [-0.15, -0.1) is 0 Å². The van der Waals surface area contributed by atoms with Crippen LogP contribution in [0.15, 0.2) is 12.1 Å². The molecule has 3 heteroatoms. The summed E-state index contributed by atoms with van der Waals surface area (Å²) in [6.07, 6.45) is 11.1. The molecule has 2 N–H and O–H groups in total. The van der Waals surface area contributed by atoms with Crippen LogP contribution in [-0.2, 0) is 19.3 Å². The van der Waals surface area contributed by atoms with Gasteiger partial charge in [0.2, 0.25) is 0 Å². The van der Waals surface area contributed by atoms with Gasteiger partial charge in [-0.25, -0.2) is 0 Å². The second-order valence-corrected chi connectivity index (χ2v) is 7.57. The lowest BCUT2D eigenvalue weighted by molar-refractivity contribution is 0.304. The number of nitrogens with two attached hydrogens (primary N) is 1. The average Bonchev–Trinajstić information content (AvgIpc) is 3.05. The number of hydrogen-bond donors (Lipinski definition) is 1. The standard InChI is InChI=1S/C20H33N3/c1-2-18(21)12-14-23-13-11-16(15-23)7-9-19-10-8-17-5-3-4-6-20(17)22-19/h8,10,16,18H,2-7,9,11-15,21H2,1H3/t16-,18-/m1/s1. The molecule has 2 aliphatic rings. The summed E-state index contributed by atoms with van der Waals surface area (Å²) in [5.74, 6) is 0.852. The van der Waals surface area contributed by atoms with Crippen LogP contribution in [0.4, 0.5) is 0 Å². The maximum absolute atomic E-state index is 6.04. The van der Waals surface area contributed by atoms with Crippen molar-refractivity contribution in [3.8, 4) is 0 Å². The van der Waals surface area contributed by atoms with Crippen LogP contribution in [0.5, 0.6) is 0 Å². The van der Waals surface area contributed by atoms with Gasteiger partial charge in [0.1, 0.15) is 0 Å². The average molecular weight is 316 g/mol. The van der Waals surface area contributed by atoms with Crippen molar-refractivity contribution >= 4 is 0 Å². The quantitative estimate of drug-likeness (QED) is 0.839. The van der Waals surface area contributed by atoms with Crippen molar-refractivity contribution in [2.75, 3.05) is 19.6 Å². The fraction of sp³-hybridized carbons (Fsp3) is 0.750. The van der Waals surface area contributed by atoms with Crippen molar-refractivity contribution in [2.24, 2.45) is 11.7 Å². The van der Waals surface area contributed by atoms with E-state index in [1.54, 1.807) is 0 Å². The Balaban J connectivity index is 1.42. The van der Waals surface area contributed by atoms with Gasteiger partial charge in [0.25, 0.3) is 0 Å². The molecule has 0 aromatic carbocycles. The number of hydrogen-bond acceptors (Lipinski definition) is 3. The van der Waals surface area contributed by atoms with Gasteiger partial charge in [0.15, 0.2) is 0 Å². The first-order chi connectivity index (χ1) is 11.2. The first-order valence-electron chi connectivity index (χ1n) is 9.70. The molecular formula is C20H33N3. The zero-order valence-electron chi connectivity index (χ0n) is 14.8. The maximum atomic E-state index is 6.04. The van der Waals surface area contributed by atoms with Gasteiger partial charge in [-0.05, 0) is 88.4 Å². The highest BCUT2D eigenvalue weighted by Gasteiger charge is 2.22. The highest BCUT2D eigenvalue weighted by atomic mass is 15.1. The molecule has 1 fully saturated rings. The first-order valence-corrected chi connectivity index (χ1v) is 9.70. The first kappa shape index (κ1) is 16.9. The monoisotopic (exact) mass is 315 g/mol. The Kier molecular flexibility index (Phi) is 6.07. The zero-order chi connectivity index (χ0) is 16.1. The molecule has 3 nitrogen and oxygen atoms in total. The number of aromatic nitrogens is 1. The molecule has 0 unspecified atom stereocenters. The van der Waals surface area contributed by atoms with E-state index in [4.69, 9.17) is 10.7 Å². The predicted octanol–water partition coefficient (Wildman–Crippen LogP) is 3.34. The Hall–Kier alpha value is -0.930. The van der Waals surface area contributed by atoms with Crippen LogP contribution in [0.3, 0.4) is 0 Å². The van der Waals surface area contributed by atoms with E-state index in [-0.39, 0.29) is 0 Å². The molecular weight excluding hydrogens is 282 g/mol. The minimum atomic E-state index is 0.383. The van der Waals surface area contributed by atoms with E-state index < -0.39 is 0 Å². The van der Waals surface area contributed by atoms with Gasteiger partial charge < -0.3 is 10.6 Å². The third-order valence-electron chi connectivity index (χ3n) is 5.76. The van der Waals surface area contributed by atoms with Crippen molar-refractivity contribution < 1.29 is 0 Å². The molecule has 128 valence electrons. The Bertz CT molecular complexity index is 500. The van der Waals surface area contributed by atoms with Crippen molar-refractivity contribution in [3.05, 3.63) is 29.1 Å². The van der Waals surface area contributed by atoms with Crippen LogP contribution < -0.4 is 5.73 Å². The minimum Gasteiger partial charge on any atom is -0.328 e. The predicted molar refractivity (Wildman–Crippen MR) is 96.6 cm³/mol. The number of likely N-dealkylation sites (tertiary alicyclic amines) is 1. The van der Waals surface area contributed by atoms with Crippen molar-refractivity contribution in [1.29, 1.82) is 0 Å².